The van der Waals surface area contributed by atoms with Gasteiger partial charge in [0.25, 0.3) is 0 Å². The Labute approximate surface area is 115 Å². The Kier molecular flexibility index (Phi) is 2.58. The lowest BCUT2D eigenvalue weighted by molar-refractivity contribution is 1.49. The molecule has 0 aromatic heterocycles. The van der Waals surface area contributed by atoms with Crippen molar-refractivity contribution in [3.05, 3.63) is 57.2 Å². The van der Waals surface area contributed by atoms with E-state index in [0.717, 1.165) is 0 Å². The van der Waals surface area contributed by atoms with Gasteiger partial charge in [0, 0.05) is 3.57 Å². The van der Waals surface area contributed by atoms with Gasteiger partial charge in [-0.05, 0) is 64.0 Å². The average molecular weight is 332 g/mol. The zero-order valence-electron chi connectivity index (χ0n) is 9.92. The Balaban J connectivity index is 2.59. The molecule has 0 saturated carbocycles. The molecule has 0 fully saturated rings. The van der Waals surface area contributed by atoms with Crippen LogP contribution >= 0.6 is 22.6 Å². The molecule has 3 rings (SSSR count). The first-order valence-electron chi connectivity index (χ1n) is 5.74. The fourth-order valence-electron chi connectivity index (χ4n) is 2.33. The number of halogens is 1. The molecule has 0 radical (unpaired) electrons. The van der Waals surface area contributed by atoms with Crippen LogP contribution in [0.2, 0.25) is 0 Å². The monoisotopic (exact) mass is 332 g/mol. The Hall–Kier alpha value is -1.09. The van der Waals surface area contributed by atoms with Crippen LogP contribution in [0.4, 0.5) is 0 Å². The summed E-state index contributed by atoms with van der Waals surface area (Å²) in [6, 6.07) is 15.7. The molecule has 0 bridgehead atoms. The van der Waals surface area contributed by atoms with Crippen LogP contribution in [0.25, 0.3) is 21.5 Å². The first kappa shape index (κ1) is 11.0. The highest BCUT2D eigenvalue weighted by molar-refractivity contribution is 14.1. The van der Waals surface area contributed by atoms with Crippen molar-refractivity contribution in [3.63, 3.8) is 0 Å². The van der Waals surface area contributed by atoms with Crippen LogP contribution < -0.4 is 0 Å². The van der Waals surface area contributed by atoms with Crippen molar-refractivity contribution in [1.29, 1.82) is 0 Å². The van der Waals surface area contributed by atoms with Gasteiger partial charge in [0.1, 0.15) is 0 Å². The number of benzene rings is 3. The maximum Gasteiger partial charge on any atom is 0.0215 e. The Bertz CT molecular complexity index is 726. The van der Waals surface area contributed by atoms with Gasteiger partial charge in [-0.3, -0.25) is 0 Å². The quantitative estimate of drug-likeness (QED) is 0.391. The van der Waals surface area contributed by atoms with Crippen LogP contribution in [0.15, 0.2) is 42.5 Å². The minimum absolute atomic E-state index is 1.32. The van der Waals surface area contributed by atoms with E-state index in [9.17, 15) is 0 Å². The molecule has 0 aliphatic carbocycles. The molecule has 0 nitrogen and oxygen atoms in total. The number of fused-ring (bicyclic) bond motifs is 3. The van der Waals surface area contributed by atoms with E-state index in [1.807, 2.05) is 0 Å². The van der Waals surface area contributed by atoms with Crippen LogP contribution in [0.5, 0.6) is 0 Å². The highest BCUT2D eigenvalue weighted by atomic mass is 127. The third-order valence-corrected chi connectivity index (χ3v) is 4.11. The third kappa shape index (κ3) is 1.82. The van der Waals surface area contributed by atoms with Gasteiger partial charge < -0.3 is 0 Å². The molecule has 0 spiro atoms. The van der Waals surface area contributed by atoms with E-state index in [1.54, 1.807) is 0 Å². The molecule has 0 N–H and O–H groups in total. The van der Waals surface area contributed by atoms with E-state index in [0.29, 0.717) is 0 Å². The fraction of sp³-hybridized carbons (Fsp3) is 0.125. The van der Waals surface area contributed by atoms with Gasteiger partial charge in [-0.15, -0.1) is 0 Å². The van der Waals surface area contributed by atoms with Crippen LogP contribution in [0, 0.1) is 17.4 Å². The first-order valence-corrected chi connectivity index (χ1v) is 6.82. The molecule has 17 heavy (non-hydrogen) atoms. The summed E-state index contributed by atoms with van der Waals surface area (Å²) in [7, 11) is 0. The standard InChI is InChI=1S/C16H13I/c1-10-3-5-12-9-16(17)13-6-4-11(2)8-15(13)14(12)7-10/h3-9H,1-2H3. The molecule has 84 valence electrons. The summed E-state index contributed by atoms with van der Waals surface area (Å²) in [5.41, 5.74) is 2.64. The van der Waals surface area contributed by atoms with Gasteiger partial charge in [-0.1, -0.05) is 47.5 Å². The zero-order chi connectivity index (χ0) is 12.0. The highest BCUT2D eigenvalue weighted by Crippen LogP contribution is 2.30. The summed E-state index contributed by atoms with van der Waals surface area (Å²) in [6.07, 6.45) is 0. The van der Waals surface area contributed by atoms with Gasteiger partial charge in [0.2, 0.25) is 0 Å². The maximum absolute atomic E-state index is 2.43. The predicted molar refractivity (Wildman–Crippen MR) is 83.6 cm³/mol. The van der Waals surface area contributed by atoms with Crippen molar-refractivity contribution in [2.24, 2.45) is 0 Å². The van der Waals surface area contributed by atoms with E-state index in [2.05, 4.69) is 78.9 Å². The van der Waals surface area contributed by atoms with Crippen molar-refractivity contribution < 1.29 is 0 Å². The molecule has 3 aromatic rings. The van der Waals surface area contributed by atoms with E-state index < -0.39 is 0 Å². The summed E-state index contributed by atoms with van der Waals surface area (Å²) >= 11 is 2.43. The van der Waals surface area contributed by atoms with Crippen LogP contribution in [0.3, 0.4) is 0 Å². The molecule has 0 amide bonds. The van der Waals surface area contributed by atoms with Crippen molar-refractivity contribution in [1.82, 2.24) is 0 Å². The summed E-state index contributed by atoms with van der Waals surface area (Å²) in [4.78, 5) is 0. The van der Waals surface area contributed by atoms with Gasteiger partial charge in [-0.2, -0.15) is 0 Å². The SMILES string of the molecule is Cc1ccc2cc(I)c3ccc(C)cc3c2c1. The number of aryl methyl sites for hydroxylation is 2. The van der Waals surface area contributed by atoms with Gasteiger partial charge >= 0.3 is 0 Å². The summed E-state index contributed by atoms with van der Waals surface area (Å²) < 4.78 is 1.33. The summed E-state index contributed by atoms with van der Waals surface area (Å²) in [5.74, 6) is 0. The van der Waals surface area contributed by atoms with Crippen molar-refractivity contribution in [3.8, 4) is 0 Å². The van der Waals surface area contributed by atoms with Gasteiger partial charge in [-0.25, -0.2) is 0 Å². The van der Waals surface area contributed by atoms with E-state index in [1.165, 1.54) is 36.2 Å². The largest absolute Gasteiger partial charge is 0.0587 e. The lowest BCUT2D eigenvalue weighted by atomic mass is 9.99. The minimum Gasteiger partial charge on any atom is -0.0587 e. The Morgan fingerprint density at radius 2 is 1.35 bits per heavy atom. The molecule has 0 aliphatic rings. The number of rotatable bonds is 0. The first-order chi connectivity index (χ1) is 8.15. The molecule has 0 heterocycles. The Morgan fingerprint density at radius 3 is 2.12 bits per heavy atom. The van der Waals surface area contributed by atoms with Crippen molar-refractivity contribution >= 4 is 44.1 Å². The average Bonchev–Trinajstić information content (AvgIpc) is 2.30. The van der Waals surface area contributed by atoms with E-state index >= 15 is 0 Å². The molecule has 0 atom stereocenters. The lowest BCUT2D eigenvalue weighted by Gasteiger charge is -2.08. The zero-order valence-corrected chi connectivity index (χ0v) is 12.1. The number of hydrogen-bond donors (Lipinski definition) is 0. The second kappa shape index (κ2) is 3.98. The number of hydrogen-bond acceptors (Lipinski definition) is 0. The molecule has 3 aromatic carbocycles. The summed E-state index contributed by atoms with van der Waals surface area (Å²) in [6.45, 7) is 4.31. The van der Waals surface area contributed by atoms with Crippen LogP contribution in [-0.2, 0) is 0 Å². The molecular weight excluding hydrogens is 319 g/mol. The normalized spacial score (nSPS) is 11.2. The van der Waals surface area contributed by atoms with Crippen molar-refractivity contribution in [2.45, 2.75) is 13.8 Å². The lowest BCUT2D eigenvalue weighted by Crippen LogP contribution is -1.84. The second-order valence-electron chi connectivity index (χ2n) is 4.63. The van der Waals surface area contributed by atoms with Gasteiger partial charge in [0.05, 0.1) is 0 Å². The third-order valence-electron chi connectivity index (χ3n) is 3.21. The second-order valence-corrected chi connectivity index (χ2v) is 5.79. The van der Waals surface area contributed by atoms with E-state index in [4.69, 9.17) is 0 Å². The molecular formula is C16H13I. The van der Waals surface area contributed by atoms with E-state index in [-0.39, 0.29) is 0 Å². The Morgan fingerprint density at radius 1 is 0.706 bits per heavy atom. The highest BCUT2D eigenvalue weighted by Gasteiger charge is 2.05. The molecule has 0 saturated heterocycles. The van der Waals surface area contributed by atoms with Crippen LogP contribution in [0.1, 0.15) is 11.1 Å². The van der Waals surface area contributed by atoms with Crippen molar-refractivity contribution in [2.75, 3.05) is 0 Å². The van der Waals surface area contributed by atoms with Crippen LogP contribution in [-0.4, -0.2) is 0 Å². The fourth-order valence-corrected chi connectivity index (χ4v) is 3.14. The molecule has 1 heteroatoms. The smallest absolute Gasteiger partial charge is 0.0215 e. The predicted octanol–water partition coefficient (Wildman–Crippen LogP) is 5.21. The summed E-state index contributed by atoms with van der Waals surface area (Å²) in [5, 5.41) is 5.42. The minimum atomic E-state index is 1.32. The maximum atomic E-state index is 2.43. The topological polar surface area (TPSA) is 0 Å². The molecule has 0 aliphatic heterocycles. The molecule has 0 unspecified atom stereocenters. The van der Waals surface area contributed by atoms with Gasteiger partial charge in [0.15, 0.2) is 0 Å².